The molecule has 2 N–H and O–H groups in total. The van der Waals surface area contributed by atoms with E-state index in [9.17, 15) is 4.39 Å². The third kappa shape index (κ3) is 8.78. The SMILES string of the molecule is CCCOC1=CC(F)C(CC)C=C1.CCOCCN. The lowest BCUT2D eigenvalue weighted by molar-refractivity contribution is 0.155. The third-order valence-corrected chi connectivity index (χ3v) is 2.65. The minimum Gasteiger partial charge on any atom is -0.494 e. The quantitative estimate of drug-likeness (QED) is 0.724. The first kappa shape index (κ1) is 18.1. The molecule has 0 bridgehead atoms. The van der Waals surface area contributed by atoms with Gasteiger partial charge in [-0.1, -0.05) is 19.9 Å². The van der Waals surface area contributed by atoms with Crippen molar-refractivity contribution in [2.24, 2.45) is 11.7 Å². The Balaban J connectivity index is 0.000000459. The van der Waals surface area contributed by atoms with Gasteiger partial charge in [0.1, 0.15) is 11.9 Å². The molecule has 4 heteroatoms. The van der Waals surface area contributed by atoms with E-state index in [4.69, 9.17) is 15.2 Å². The number of ether oxygens (including phenoxy) is 2. The number of halogens is 1. The van der Waals surface area contributed by atoms with E-state index in [1.807, 2.05) is 32.9 Å². The Labute approximate surface area is 116 Å². The molecule has 0 radical (unpaired) electrons. The highest BCUT2D eigenvalue weighted by Crippen LogP contribution is 2.22. The second kappa shape index (κ2) is 12.2. The van der Waals surface area contributed by atoms with Gasteiger partial charge < -0.3 is 15.2 Å². The van der Waals surface area contributed by atoms with Crippen molar-refractivity contribution in [2.45, 2.75) is 39.8 Å². The number of rotatable bonds is 7. The molecule has 2 atom stereocenters. The maximum absolute atomic E-state index is 13.3. The van der Waals surface area contributed by atoms with Crippen molar-refractivity contribution >= 4 is 0 Å². The van der Waals surface area contributed by atoms with E-state index in [0.29, 0.717) is 25.5 Å². The molecule has 0 amide bonds. The van der Waals surface area contributed by atoms with Crippen LogP contribution >= 0.6 is 0 Å². The fraction of sp³-hybridized carbons (Fsp3) is 0.733. The van der Waals surface area contributed by atoms with Gasteiger partial charge in [-0.05, 0) is 31.9 Å². The first-order valence-electron chi connectivity index (χ1n) is 7.14. The molecule has 0 saturated heterocycles. The van der Waals surface area contributed by atoms with E-state index >= 15 is 0 Å². The predicted octanol–water partition coefficient (Wildman–Crippen LogP) is 3.21. The molecule has 0 heterocycles. The smallest absolute Gasteiger partial charge is 0.128 e. The first-order valence-corrected chi connectivity index (χ1v) is 7.14. The molecule has 0 aromatic carbocycles. The zero-order chi connectivity index (χ0) is 14.5. The van der Waals surface area contributed by atoms with E-state index in [1.54, 1.807) is 6.08 Å². The van der Waals surface area contributed by atoms with Crippen molar-refractivity contribution < 1.29 is 13.9 Å². The second-order valence-electron chi connectivity index (χ2n) is 4.28. The normalized spacial score (nSPS) is 21.4. The van der Waals surface area contributed by atoms with Gasteiger partial charge in [-0.2, -0.15) is 0 Å². The van der Waals surface area contributed by atoms with Crippen molar-refractivity contribution in [3.63, 3.8) is 0 Å². The minimum atomic E-state index is -0.873. The summed E-state index contributed by atoms with van der Waals surface area (Å²) in [7, 11) is 0. The van der Waals surface area contributed by atoms with Crippen molar-refractivity contribution in [2.75, 3.05) is 26.4 Å². The molecular formula is C15H28FNO2. The lowest BCUT2D eigenvalue weighted by Crippen LogP contribution is -2.14. The van der Waals surface area contributed by atoms with Gasteiger partial charge in [0, 0.05) is 19.1 Å². The van der Waals surface area contributed by atoms with Gasteiger partial charge in [0.2, 0.25) is 0 Å². The van der Waals surface area contributed by atoms with Gasteiger partial charge >= 0.3 is 0 Å². The Morgan fingerprint density at radius 3 is 2.42 bits per heavy atom. The summed E-state index contributed by atoms with van der Waals surface area (Å²) in [6, 6.07) is 0. The van der Waals surface area contributed by atoms with Gasteiger partial charge in [0.25, 0.3) is 0 Å². The van der Waals surface area contributed by atoms with Crippen LogP contribution in [0.3, 0.4) is 0 Å². The molecule has 1 aliphatic rings. The molecule has 0 fully saturated rings. The summed E-state index contributed by atoms with van der Waals surface area (Å²) in [6.07, 6.45) is 6.27. The average Bonchev–Trinajstić information content (AvgIpc) is 2.43. The van der Waals surface area contributed by atoms with Crippen LogP contribution in [0.15, 0.2) is 24.0 Å². The van der Waals surface area contributed by atoms with Crippen molar-refractivity contribution in [3.8, 4) is 0 Å². The first-order chi connectivity index (χ1) is 9.19. The second-order valence-corrected chi connectivity index (χ2v) is 4.28. The molecular weight excluding hydrogens is 245 g/mol. The number of alkyl halides is 1. The molecule has 1 rings (SSSR count). The standard InChI is InChI=1S/C11H17FO.C4H11NO/c1-3-7-13-10-6-5-9(4-2)11(12)8-10;1-2-6-4-3-5/h5-6,8-9,11H,3-4,7H2,1-2H3;2-5H2,1H3. The average molecular weight is 273 g/mol. The lowest BCUT2D eigenvalue weighted by Gasteiger charge is -2.18. The van der Waals surface area contributed by atoms with Crippen LogP contribution in [-0.4, -0.2) is 32.5 Å². The highest BCUT2D eigenvalue weighted by Gasteiger charge is 2.18. The van der Waals surface area contributed by atoms with E-state index in [2.05, 4.69) is 0 Å². The van der Waals surface area contributed by atoms with Crippen LogP contribution in [0.25, 0.3) is 0 Å². The molecule has 0 aliphatic heterocycles. The highest BCUT2D eigenvalue weighted by atomic mass is 19.1. The lowest BCUT2D eigenvalue weighted by atomic mass is 9.96. The Bertz CT molecular complexity index is 263. The fourth-order valence-electron chi connectivity index (χ4n) is 1.57. The molecule has 3 nitrogen and oxygen atoms in total. The minimum absolute atomic E-state index is 0.0361. The number of hydrogen-bond acceptors (Lipinski definition) is 3. The Kier molecular flexibility index (Phi) is 11.6. The summed E-state index contributed by atoms with van der Waals surface area (Å²) in [4.78, 5) is 0. The zero-order valence-corrected chi connectivity index (χ0v) is 12.4. The molecule has 2 unspecified atom stereocenters. The molecule has 0 aromatic heterocycles. The van der Waals surface area contributed by atoms with Gasteiger partial charge in [-0.3, -0.25) is 0 Å². The maximum atomic E-state index is 13.3. The largest absolute Gasteiger partial charge is 0.494 e. The number of hydrogen-bond donors (Lipinski definition) is 1. The monoisotopic (exact) mass is 273 g/mol. The van der Waals surface area contributed by atoms with Crippen LogP contribution in [-0.2, 0) is 9.47 Å². The molecule has 0 saturated carbocycles. The van der Waals surface area contributed by atoms with Gasteiger partial charge in [-0.25, -0.2) is 4.39 Å². The van der Waals surface area contributed by atoms with Crippen LogP contribution in [0.1, 0.15) is 33.6 Å². The molecule has 1 aliphatic carbocycles. The maximum Gasteiger partial charge on any atom is 0.128 e. The van der Waals surface area contributed by atoms with Crippen molar-refractivity contribution in [1.82, 2.24) is 0 Å². The van der Waals surface area contributed by atoms with Crippen LogP contribution in [0, 0.1) is 5.92 Å². The third-order valence-electron chi connectivity index (χ3n) is 2.65. The van der Waals surface area contributed by atoms with Gasteiger partial charge in [-0.15, -0.1) is 0 Å². The van der Waals surface area contributed by atoms with Gasteiger partial charge in [0.05, 0.1) is 13.2 Å². The summed E-state index contributed by atoms with van der Waals surface area (Å²) in [5, 5.41) is 0. The Hall–Kier alpha value is -0.870. The highest BCUT2D eigenvalue weighted by molar-refractivity contribution is 5.21. The Morgan fingerprint density at radius 1 is 1.26 bits per heavy atom. The van der Waals surface area contributed by atoms with Crippen LogP contribution in [0.2, 0.25) is 0 Å². The molecule has 112 valence electrons. The summed E-state index contributed by atoms with van der Waals surface area (Å²) >= 11 is 0. The fourth-order valence-corrected chi connectivity index (χ4v) is 1.57. The van der Waals surface area contributed by atoms with Gasteiger partial charge in [0.15, 0.2) is 0 Å². The van der Waals surface area contributed by atoms with Crippen molar-refractivity contribution in [1.29, 1.82) is 0 Å². The summed E-state index contributed by atoms with van der Waals surface area (Å²) in [5.74, 6) is 0.716. The summed E-state index contributed by atoms with van der Waals surface area (Å²) in [5.41, 5.74) is 5.09. The summed E-state index contributed by atoms with van der Waals surface area (Å²) < 4.78 is 23.5. The predicted molar refractivity (Wildman–Crippen MR) is 77.7 cm³/mol. The number of allylic oxidation sites excluding steroid dienone is 3. The zero-order valence-electron chi connectivity index (χ0n) is 12.4. The molecule has 19 heavy (non-hydrogen) atoms. The topological polar surface area (TPSA) is 44.5 Å². The van der Waals surface area contributed by atoms with Crippen LogP contribution < -0.4 is 5.73 Å². The van der Waals surface area contributed by atoms with E-state index in [1.165, 1.54) is 0 Å². The van der Waals surface area contributed by atoms with Crippen molar-refractivity contribution in [3.05, 3.63) is 24.0 Å². The van der Waals surface area contributed by atoms with E-state index in [0.717, 1.165) is 19.4 Å². The van der Waals surface area contributed by atoms with Crippen LogP contribution in [0.4, 0.5) is 4.39 Å². The number of nitrogens with two attached hydrogens (primary N) is 1. The van der Waals surface area contributed by atoms with E-state index in [-0.39, 0.29) is 5.92 Å². The summed E-state index contributed by atoms with van der Waals surface area (Å²) in [6.45, 7) is 8.75. The van der Waals surface area contributed by atoms with Crippen LogP contribution in [0.5, 0.6) is 0 Å². The van der Waals surface area contributed by atoms with E-state index < -0.39 is 6.17 Å². The molecule has 0 aromatic rings. The Morgan fingerprint density at radius 2 is 2.00 bits per heavy atom. The molecule has 0 spiro atoms.